The fraction of sp³-hybridized carbons (Fsp3) is 0.182. The standard InChI is InChI=1S/C11H12ClN3/c1-8(15-11(13)6-7-14-15)9-2-4-10(12)5-3-9/h2-8H,13H2,1H3. The van der Waals surface area contributed by atoms with Gasteiger partial charge in [0, 0.05) is 5.02 Å². The van der Waals surface area contributed by atoms with Gasteiger partial charge >= 0.3 is 0 Å². The maximum Gasteiger partial charge on any atom is 0.122 e. The fourth-order valence-corrected chi connectivity index (χ4v) is 1.66. The van der Waals surface area contributed by atoms with Gasteiger partial charge in [0.15, 0.2) is 0 Å². The average molecular weight is 222 g/mol. The Kier molecular flexibility index (Phi) is 2.64. The minimum absolute atomic E-state index is 0.122. The Morgan fingerprint density at radius 2 is 1.93 bits per heavy atom. The number of hydrogen-bond donors (Lipinski definition) is 1. The Labute approximate surface area is 93.5 Å². The minimum atomic E-state index is 0.122. The number of aromatic nitrogens is 2. The first-order valence-corrected chi connectivity index (χ1v) is 5.11. The smallest absolute Gasteiger partial charge is 0.122 e. The van der Waals surface area contributed by atoms with Crippen molar-refractivity contribution in [2.75, 3.05) is 5.73 Å². The molecule has 1 atom stereocenters. The van der Waals surface area contributed by atoms with Crippen LogP contribution in [0.4, 0.5) is 5.82 Å². The van der Waals surface area contributed by atoms with Crippen LogP contribution in [-0.4, -0.2) is 9.78 Å². The summed E-state index contributed by atoms with van der Waals surface area (Å²) < 4.78 is 1.78. The van der Waals surface area contributed by atoms with Gasteiger partial charge in [-0.2, -0.15) is 5.10 Å². The molecule has 1 aromatic heterocycles. The van der Waals surface area contributed by atoms with Crippen LogP contribution in [0.5, 0.6) is 0 Å². The van der Waals surface area contributed by atoms with Crippen LogP contribution in [-0.2, 0) is 0 Å². The predicted molar refractivity (Wildman–Crippen MR) is 61.9 cm³/mol. The molecule has 1 aromatic carbocycles. The van der Waals surface area contributed by atoms with E-state index in [1.807, 2.05) is 31.2 Å². The SMILES string of the molecule is CC(c1ccc(Cl)cc1)n1nccc1N. The number of nitrogens with two attached hydrogens (primary N) is 1. The number of nitrogens with zero attached hydrogens (tertiary/aromatic N) is 2. The fourth-order valence-electron chi connectivity index (χ4n) is 1.53. The number of nitrogen functional groups attached to an aromatic ring is 1. The van der Waals surface area contributed by atoms with E-state index in [1.165, 1.54) is 0 Å². The summed E-state index contributed by atoms with van der Waals surface area (Å²) in [5, 5.41) is 4.91. The lowest BCUT2D eigenvalue weighted by molar-refractivity contribution is 0.573. The van der Waals surface area contributed by atoms with E-state index in [0.717, 1.165) is 10.6 Å². The van der Waals surface area contributed by atoms with Crippen molar-refractivity contribution < 1.29 is 0 Å². The van der Waals surface area contributed by atoms with Crippen molar-refractivity contribution in [2.24, 2.45) is 0 Å². The molecule has 2 rings (SSSR count). The highest BCUT2D eigenvalue weighted by Gasteiger charge is 2.09. The first-order valence-electron chi connectivity index (χ1n) is 4.73. The van der Waals surface area contributed by atoms with Gasteiger partial charge in [-0.05, 0) is 30.7 Å². The second-order valence-corrected chi connectivity index (χ2v) is 3.86. The highest BCUT2D eigenvalue weighted by molar-refractivity contribution is 6.30. The van der Waals surface area contributed by atoms with E-state index in [4.69, 9.17) is 17.3 Å². The van der Waals surface area contributed by atoms with Gasteiger partial charge in [-0.3, -0.25) is 0 Å². The van der Waals surface area contributed by atoms with Crippen LogP contribution in [0.1, 0.15) is 18.5 Å². The second kappa shape index (κ2) is 3.95. The molecule has 0 bridgehead atoms. The minimum Gasteiger partial charge on any atom is -0.384 e. The summed E-state index contributed by atoms with van der Waals surface area (Å²) in [7, 11) is 0. The summed E-state index contributed by atoms with van der Waals surface area (Å²) in [5.41, 5.74) is 6.92. The van der Waals surface area contributed by atoms with Gasteiger partial charge in [-0.15, -0.1) is 0 Å². The van der Waals surface area contributed by atoms with Gasteiger partial charge < -0.3 is 5.73 Å². The number of halogens is 1. The van der Waals surface area contributed by atoms with E-state index >= 15 is 0 Å². The topological polar surface area (TPSA) is 43.8 Å². The van der Waals surface area contributed by atoms with Crippen molar-refractivity contribution >= 4 is 17.4 Å². The Morgan fingerprint density at radius 3 is 2.47 bits per heavy atom. The first-order chi connectivity index (χ1) is 7.18. The number of benzene rings is 1. The number of rotatable bonds is 2. The van der Waals surface area contributed by atoms with Crippen LogP contribution in [0.25, 0.3) is 0 Å². The van der Waals surface area contributed by atoms with E-state index in [0.29, 0.717) is 5.82 Å². The molecular weight excluding hydrogens is 210 g/mol. The molecule has 1 heterocycles. The Balaban J connectivity index is 2.32. The van der Waals surface area contributed by atoms with E-state index in [9.17, 15) is 0 Å². The molecule has 4 heteroatoms. The van der Waals surface area contributed by atoms with Gasteiger partial charge in [0.1, 0.15) is 5.82 Å². The van der Waals surface area contributed by atoms with Crippen LogP contribution in [0, 0.1) is 0 Å². The highest BCUT2D eigenvalue weighted by atomic mass is 35.5. The van der Waals surface area contributed by atoms with E-state index < -0.39 is 0 Å². The summed E-state index contributed by atoms with van der Waals surface area (Å²) in [6, 6.07) is 9.60. The van der Waals surface area contributed by atoms with Crippen LogP contribution < -0.4 is 5.73 Å². The summed E-state index contributed by atoms with van der Waals surface area (Å²) in [6.07, 6.45) is 1.70. The molecule has 2 N–H and O–H groups in total. The monoisotopic (exact) mass is 221 g/mol. The van der Waals surface area contributed by atoms with Crippen LogP contribution in [0.3, 0.4) is 0 Å². The van der Waals surface area contributed by atoms with Crippen molar-refractivity contribution in [2.45, 2.75) is 13.0 Å². The normalized spacial score (nSPS) is 12.7. The van der Waals surface area contributed by atoms with Crippen LogP contribution >= 0.6 is 11.6 Å². The zero-order valence-corrected chi connectivity index (χ0v) is 9.15. The van der Waals surface area contributed by atoms with E-state index in [-0.39, 0.29) is 6.04 Å². The molecule has 0 aliphatic rings. The molecular formula is C11H12ClN3. The van der Waals surface area contributed by atoms with Gasteiger partial charge in [0.05, 0.1) is 12.2 Å². The van der Waals surface area contributed by atoms with Gasteiger partial charge in [-0.1, -0.05) is 23.7 Å². The maximum absolute atomic E-state index is 5.83. The molecule has 0 amide bonds. The van der Waals surface area contributed by atoms with Crippen molar-refractivity contribution in [3.05, 3.63) is 47.1 Å². The molecule has 0 radical (unpaired) electrons. The van der Waals surface area contributed by atoms with Gasteiger partial charge in [0.25, 0.3) is 0 Å². The van der Waals surface area contributed by atoms with Crippen molar-refractivity contribution in [3.63, 3.8) is 0 Å². The summed E-state index contributed by atoms with van der Waals surface area (Å²) >= 11 is 5.83. The lowest BCUT2D eigenvalue weighted by Gasteiger charge is -2.14. The highest BCUT2D eigenvalue weighted by Crippen LogP contribution is 2.21. The lowest BCUT2D eigenvalue weighted by Crippen LogP contribution is -2.11. The number of anilines is 1. The largest absolute Gasteiger partial charge is 0.384 e. The van der Waals surface area contributed by atoms with Crippen LogP contribution in [0.2, 0.25) is 5.02 Å². The average Bonchev–Trinajstić information content (AvgIpc) is 2.65. The molecule has 0 saturated carbocycles. The quantitative estimate of drug-likeness (QED) is 0.848. The molecule has 0 aliphatic carbocycles. The van der Waals surface area contributed by atoms with Crippen molar-refractivity contribution in [1.29, 1.82) is 0 Å². The molecule has 0 spiro atoms. The van der Waals surface area contributed by atoms with Crippen LogP contribution in [0.15, 0.2) is 36.5 Å². The second-order valence-electron chi connectivity index (χ2n) is 3.43. The third-order valence-electron chi connectivity index (χ3n) is 2.42. The molecule has 1 unspecified atom stereocenters. The predicted octanol–water partition coefficient (Wildman–Crippen LogP) is 2.73. The summed E-state index contributed by atoms with van der Waals surface area (Å²) in [4.78, 5) is 0. The van der Waals surface area contributed by atoms with Gasteiger partial charge in [0.2, 0.25) is 0 Å². The summed E-state index contributed by atoms with van der Waals surface area (Å²) in [6.45, 7) is 2.05. The van der Waals surface area contributed by atoms with Gasteiger partial charge in [-0.25, -0.2) is 4.68 Å². The third kappa shape index (κ3) is 1.97. The maximum atomic E-state index is 5.83. The Bertz CT molecular complexity index is 447. The number of hydrogen-bond acceptors (Lipinski definition) is 2. The summed E-state index contributed by atoms with van der Waals surface area (Å²) in [5.74, 6) is 0.664. The zero-order chi connectivity index (χ0) is 10.8. The molecule has 0 fully saturated rings. The zero-order valence-electron chi connectivity index (χ0n) is 8.39. The Morgan fingerprint density at radius 1 is 1.27 bits per heavy atom. The van der Waals surface area contributed by atoms with E-state index in [2.05, 4.69) is 5.10 Å². The molecule has 78 valence electrons. The molecule has 3 nitrogen and oxygen atoms in total. The van der Waals surface area contributed by atoms with Crippen molar-refractivity contribution in [3.8, 4) is 0 Å². The third-order valence-corrected chi connectivity index (χ3v) is 2.67. The van der Waals surface area contributed by atoms with E-state index in [1.54, 1.807) is 16.9 Å². The van der Waals surface area contributed by atoms with Crippen molar-refractivity contribution in [1.82, 2.24) is 9.78 Å². The Hall–Kier alpha value is -1.48. The molecule has 0 aliphatic heterocycles. The molecule has 15 heavy (non-hydrogen) atoms. The first kappa shape index (κ1) is 10.1. The molecule has 0 saturated heterocycles. The lowest BCUT2D eigenvalue weighted by atomic mass is 10.1. The molecule has 2 aromatic rings.